The van der Waals surface area contributed by atoms with Crippen LogP contribution in [0.25, 0.3) is 0 Å². The molecule has 0 heterocycles. The van der Waals surface area contributed by atoms with E-state index in [4.69, 9.17) is 15.7 Å². The van der Waals surface area contributed by atoms with Gasteiger partial charge in [0.1, 0.15) is 5.78 Å². The topological polar surface area (TPSA) is 57.5 Å². The van der Waals surface area contributed by atoms with E-state index in [1.165, 1.54) is 0 Å². The number of aliphatic hydroxyl groups excluding tert-OH is 2. The molecular formula is C17H32B2O3S2. The van der Waals surface area contributed by atoms with Crippen LogP contribution in [0.5, 0.6) is 0 Å². The lowest BCUT2D eigenvalue weighted by Crippen LogP contribution is -2.08. The number of rotatable bonds is 18. The molecule has 2 atom stereocenters. The van der Waals surface area contributed by atoms with Crippen molar-refractivity contribution in [3.8, 4) is 0 Å². The third kappa shape index (κ3) is 17.2. The molecule has 0 bridgehead atoms. The fourth-order valence-corrected chi connectivity index (χ4v) is 4.07. The van der Waals surface area contributed by atoms with Crippen LogP contribution in [-0.2, 0) is 4.79 Å². The summed E-state index contributed by atoms with van der Waals surface area (Å²) in [4.78, 5) is 11.8. The van der Waals surface area contributed by atoms with Gasteiger partial charge >= 0.3 is 0 Å². The molecule has 0 saturated carbocycles. The quantitative estimate of drug-likeness (QED) is 0.287. The fraction of sp³-hybridized carbons (Fsp3) is 0.941. The first kappa shape index (κ1) is 24.4. The number of carbonyl (C=O) groups excluding carboxylic acids is 1. The minimum absolute atomic E-state index is 0.329. The van der Waals surface area contributed by atoms with Crippen molar-refractivity contribution in [1.82, 2.24) is 0 Å². The predicted octanol–water partition coefficient (Wildman–Crippen LogP) is 3.04. The van der Waals surface area contributed by atoms with Crippen LogP contribution in [0.4, 0.5) is 0 Å². The monoisotopic (exact) mass is 370 g/mol. The molecule has 0 aliphatic carbocycles. The maximum atomic E-state index is 11.8. The lowest BCUT2D eigenvalue weighted by atomic mass is 10.0. The Morgan fingerprint density at radius 3 is 1.54 bits per heavy atom. The first-order valence-electron chi connectivity index (χ1n) is 9.03. The number of hydrogen-bond acceptors (Lipinski definition) is 5. The van der Waals surface area contributed by atoms with Crippen LogP contribution in [0.15, 0.2) is 0 Å². The third-order valence-corrected chi connectivity index (χ3v) is 6.05. The highest BCUT2D eigenvalue weighted by molar-refractivity contribution is 7.99. The summed E-state index contributed by atoms with van der Waals surface area (Å²) in [6.45, 7) is 0. The molecule has 7 heteroatoms. The molecule has 0 fully saturated rings. The van der Waals surface area contributed by atoms with E-state index in [1.54, 1.807) is 23.5 Å². The van der Waals surface area contributed by atoms with Crippen molar-refractivity contribution in [3.05, 3.63) is 0 Å². The largest absolute Gasteiger partial charge is 0.393 e. The van der Waals surface area contributed by atoms with Crippen molar-refractivity contribution in [3.63, 3.8) is 0 Å². The number of aliphatic hydroxyl groups is 2. The first-order valence-corrected chi connectivity index (χ1v) is 11.3. The number of unbranched alkanes of at least 4 members (excludes halogenated alkanes) is 4. The zero-order valence-corrected chi connectivity index (χ0v) is 16.5. The fourth-order valence-electron chi connectivity index (χ4n) is 2.11. The average Bonchev–Trinajstić information content (AvgIpc) is 2.59. The number of ketones is 1. The third-order valence-electron chi connectivity index (χ3n) is 3.65. The Morgan fingerprint density at radius 2 is 1.17 bits per heavy atom. The van der Waals surface area contributed by atoms with E-state index in [9.17, 15) is 15.0 Å². The van der Waals surface area contributed by atoms with Gasteiger partial charge in [0, 0.05) is 24.3 Å². The second kappa shape index (κ2) is 18.2. The standard InChI is InChI=1S/C17H32B2O3S2/c18-11-16(21)13-23-9-5-1-3-7-15(20)8-4-2-6-10-24-14-17(22)12-19/h16-17,21-22H,1-14H2. The van der Waals surface area contributed by atoms with Crippen molar-refractivity contribution in [2.24, 2.45) is 0 Å². The van der Waals surface area contributed by atoms with Crippen LogP contribution in [0, 0.1) is 0 Å². The molecule has 136 valence electrons. The van der Waals surface area contributed by atoms with Gasteiger partial charge in [-0.05, 0) is 37.2 Å². The summed E-state index contributed by atoms with van der Waals surface area (Å²) >= 11 is 3.46. The Morgan fingerprint density at radius 1 is 0.750 bits per heavy atom. The lowest BCUT2D eigenvalue weighted by Gasteiger charge is -2.07. The van der Waals surface area contributed by atoms with Gasteiger partial charge < -0.3 is 10.2 Å². The van der Waals surface area contributed by atoms with Crippen LogP contribution in [0.1, 0.15) is 51.4 Å². The Labute approximate surface area is 159 Å². The SMILES string of the molecule is [B]CC(O)CSCCCCCC(=O)CCCCCSCC(O)C[B]. The summed E-state index contributed by atoms with van der Waals surface area (Å²) in [5, 5.41) is 18.6. The Hall–Kier alpha value is 0.420. The Bertz CT molecular complexity index is 271. The Kier molecular flexibility index (Phi) is 18.5. The molecule has 0 aromatic heterocycles. The molecule has 0 saturated heterocycles. The van der Waals surface area contributed by atoms with E-state index in [2.05, 4.69) is 0 Å². The number of carbonyl (C=O) groups is 1. The van der Waals surface area contributed by atoms with Crippen molar-refractivity contribution in [1.29, 1.82) is 0 Å². The normalized spacial score (nSPS) is 13.8. The van der Waals surface area contributed by atoms with Crippen molar-refractivity contribution in [2.45, 2.75) is 76.2 Å². The van der Waals surface area contributed by atoms with Crippen LogP contribution >= 0.6 is 23.5 Å². The van der Waals surface area contributed by atoms with E-state index >= 15 is 0 Å². The van der Waals surface area contributed by atoms with E-state index in [0.717, 1.165) is 50.0 Å². The van der Waals surface area contributed by atoms with Crippen LogP contribution < -0.4 is 0 Å². The highest BCUT2D eigenvalue weighted by Crippen LogP contribution is 2.13. The van der Waals surface area contributed by atoms with Gasteiger partial charge in [0.05, 0.1) is 27.9 Å². The summed E-state index contributed by atoms with van der Waals surface area (Å²) in [5.74, 6) is 3.86. The number of hydrogen-bond donors (Lipinski definition) is 2. The molecule has 0 spiro atoms. The van der Waals surface area contributed by atoms with E-state index in [-0.39, 0.29) is 12.2 Å². The molecule has 0 aliphatic rings. The van der Waals surface area contributed by atoms with Crippen molar-refractivity contribution < 1.29 is 15.0 Å². The van der Waals surface area contributed by atoms with Gasteiger partial charge in [0.25, 0.3) is 0 Å². The van der Waals surface area contributed by atoms with E-state index in [0.29, 0.717) is 42.8 Å². The summed E-state index contributed by atoms with van der Waals surface area (Å²) in [6.07, 6.45) is 7.60. The molecule has 2 unspecified atom stereocenters. The van der Waals surface area contributed by atoms with E-state index in [1.807, 2.05) is 0 Å². The first-order chi connectivity index (χ1) is 11.6. The molecule has 3 nitrogen and oxygen atoms in total. The minimum Gasteiger partial charge on any atom is -0.393 e. The van der Waals surface area contributed by atoms with Gasteiger partial charge in [-0.25, -0.2) is 0 Å². The number of Topliss-reactive ketones (excluding diaryl/α,β-unsaturated/α-hetero) is 1. The minimum atomic E-state index is -0.388. The molecule has 4 radical (unpaired) electrons. The summed E-state index contributed by atoms with van der Waals surface area (Å²) in [7, 11) is 10.7. The molecule has 0 aromatic rings. The molecule has 0 amide bonds. The van der Waals surface area contributed by atoms with Gasteiger partial charge in [-0.1, -0.05) is 25.5 Å². The maximum absolute atomic E-state index is 11.8. The summed E-state index contributed by atoms with van der Waals surface area (Å²) < 4.78 is 0. The van der Waals surface area contributed by atoms with Crippen LogP contribution in [0.2, 0.25) is 12.6 Å². The highest BCUT2D eigenvalue weighted by atomic mass is 32.2. The maximum Gasteiger partial charge on any atom is 0.132 e. The number of thioether (sulfide) groups is 2. The van der Waals surface area contributed by atoms with Crippen LogP contribution in [0.3, 0.4) is 0 Å². The Balaban J connectivity index is 3.24. The van der Waals surface area contributed by atoms with Gasteiger partial charge in [0.2, 0.25) is 0 Å². The van der Waals surface area contributed by atoms with E-state index < -0.39 is 0 Å². The van der Waals surface area contributed by atoms with Crippen LogP contribution in [-0.4, -0.2) is 66.9 Å². The summed E-state index contributed by atoms with van der Waals surface area (Å²) in [6, 6.07) is 0. The van der Waals surface area contributed by atoms with Crippen molar-refractivity contribution >= 4 is 45.0 Å². The van der Waals surface area contributed by atoms with Gasteiger partial charge in [-0.2, -0.15) is 23.5 Å². The molecule has 0 rings (SSSR count). The predicted molar refractivity (Wildman–Crippen MR) is 110 cm³/mol. The highest BCUT2D eigenvalue weighted by Gasteiger charge is 2.04. The lowest BCUT2D eigenvalue weighted by molar-refractivity contribution is -0.119. The van der Waals surface area contributed by atoms with Gasteiger partial charge in [-0.3, -0.25) is 4.79 Å². The summed E-state index contributed by atoms with van der Waals surface area (Å²) in [5.41, 5.74) is 0. The molecule has 2 N–H and O–H groups in total. The molecular weight excluding hydrogens is 338 g/mol. The molecule has 24 heavy (non-hydrogen) atoms. The zero-order valence-electron chi connectivity index (χ0n) is 14.8. The zero-order chi connectivity index (χ0) is 18.0. The molecule has 0 aromatic carbocycles. The smallest absolute Gasteiger partial charge is 0.132 e. The second-order valence-corrected chi connectivity index (χ2v) is 8.39. The average molecular weight is 370 g/mol. The second-order valence-electron chi connectivity index (χ2n) is 6.09. The van der Waals surface area contributed by atoms with Gasteiger partial charge in [-0.15, -0.1) is 0 Å². The molecule has 0 aliphatic heterocycles. The van der Waals surface area contributed by atoms with Crippen molar-refractivity contribution in [2.75, 3.05) is 23.0 Å². The van der Waals surface area contributed by atoms with Gasteiger partial charge in [0.15, 0.2) is 0 Å².